The number of hydrogen-bond acceptors (Lipinski definition) is 2. The summed E-state index contributed by atoms with van der Waals surface area (Å²) in [5.74, 6) is 0.601. The molecule has 0 saturated carbocycles. The molecule has 21 heavy (non-hydrogen) atoms. The molecular formula is C17H17Cl2NO. The average molecular weight is 322 g/mol. The molecule has 2 nitrogen and oxygen atoms in total. The Labute approximate surface area is 135 Å². The number of rotatable bonds is 3. The van der Waals surface area contributed by atoms with Gasteiger partial charge in [0.25, 0.3) is 0 Å². The van der Waals surface area contributed by atoms with E-state index in [9.17, 15) is 0 Å². The topological polar surface area (TPSA) is 12.5 Å². The maximum absolute atomic E-state index is 6.24. The highest BCUT2D eigenvalue weighted by Crippen LogP contribution is 2.36. The van der Waals surface area contributed by atoms with Crippen molar-refractivity contribution in [2.45, 2.75) is 19.4 Å². The fourth-order valence-electron chi connectivity index (χ4n) is 2.66. The molecule has 1 aliphatic rings. The summed E-state index contributed by atoms with van der Waals surface area (Å²) in [4.78, 5) is 2.32. The Hall–Kier alpha value is -1.38. The first-order chi connectivity index (χ1) is 10.1. The number of halogens is 2. The third kappa shape index (κ3) is 3.28. The molecule has 2 aromatic carbocycles. The smallest absolute Gasteiger partial charge is 0.156 e. The van der Waals surface area contributed by atoms with Gasteiger partial charge in [0.15, 0.2) is 5.75 Å². The second-order valence-corrected chi connectivity index (χ2v) is 6.18. The number of ether oxygens (including phenoxy) is 1. The van der Waals surface area contributed by atoms with Crippen molar-refractivity contribution in [2.75, 3.05) is 18.0 Å². The van der Waals surface area contributed by atoms with Gasteiger partial charge < -0.3 is 9.64 Å². The third-order valence-corrected chi connectivity index (χ3v) is 4.25. The normalized spacial score (nSPS) is 18.0. The minimum atomic E-state index is 0.114. The van der Waals surface area contributed by atoms with Gasteiger partial charge >= 0.3 is 0 Å². The number of nitrogens with zero attached hydrogens (tertiary/aromatic N) is 1. The van der Waals surface area contributed by atoms with Crippen molar-refractivity contribution >= 4 is 28.9 Å². The Kier molecular flexibility index (Phi) is 4.27. The highest BCUT2D eigenvalue weighted by atomic mass is 35.5. The Morgan fingerprint density at radius 2 is 1.76 bits per heavy atom. The van der Waals surface area contributed by atoms with E-state index in [1.54, 1.807) is 0 Å². The van der Waals surface area contributed by atoms with E-state index in [0.29, 0.717) is 15.8 Å². The molecule has 1 fully saturated rings. The first-order valence-corrected chi connectivity index (χ1v) is 7.81. The van der Waals surface area contributed by atoms with Crippen molar-refractivity contribution in [1.29, 1.82) is 0 Å². The SMILES string of the molecule is Cc1cc(Cl)c(O[C@@H]2CCN(c3ccccc3)C2)c(Cl)c1. The zero-order chi connectivity index (χ0) is 14.8. The molecular weight excluding hydrogens is 305 g/mol. The molecule has 4 heteroatoms. The van der Waals surface area contributed by atoms with Crippen LogP contribution in [0.3, 0.4) is 0 Å². The average Bonchev–Trinajstić information content (AvgIpc) is 2.92. The molecule has 0 radical (unpaired) electrons. The van der Waals surface area contributed by atoms with E-state index in [4.69, 9.17) is 27.9 Å². The lowest BCUT2D eigenvalue weighted by Gasteiger charge is -2.20. The molecule has 1 saturated heterocycles. The van der Waals surface area contributed by atoms with Gasteiger partial charge in [-0.05, 0) is 36.8 Å². The van der Waals surface area contributed by atoms with Crippen LogP contribution in [0.15, 0.2) is 42.5 Å². The molecule has 0 amide bonds. The molecule has 2 aromatic rings. The number of para-hydroxylation sites is 1. The second-order valence-electron chi connectivity index (χ2n) is 5.37. The summed E-state index contributed by atoms with van der Waals surface area (Å²) in [5.41, 5.74) is 2.26. The minimum absolute atomic E-state index is 0.114. The molecule has 1 aliphatic heterocycles. The maximum Gasteiger partial charge on any atom is 0.156 e. The molecule has 0 aromatic heterocycles. The number of anilines is 1. The van der Waals surface area contributed by atoms with Crippen LogP contribution in [0.5, 0.6) is 5.75 Å². The lowest BCUT2D eigenvalue weighted by atomic mass is 10.2. The van der Waals surface area contributed by atoms with Crippen LogP contribution in [-0.4, -0.2) is 19.2 Å². The molecule has 0 bridgehead atoms. The summed E-state index contributed by atoms with van der Waals surface area (Å²) >= 11 is 12.5. The van der Waals surface area contributed by atoms with Gasteiger partial charge in [-0.2, -0.15) is 0 Å². The van der Waals surface area contributed by atoms with Crippen LogP contribution in [0.25, 0.3) is 0 Å². The minimum Gasteiger partial charge on any atom is -0.485 e. The van der Waals surface area contributed by atoms with Crippen LogP contribution in [0, 0.1) is 6.92 Å². The van der Waals surface area contributed by atoms with Gasteiger partial charge in [0, 0.05) is 18.7 Å². The number of aryl methyl sites for hydroxylation is 1. The Bertz CT molecular complexity index is 607. The molecule has 0 N–H and O–H groups in total. The first kappa shape index (κ1) is 14.6. The molecule has 1 heterocycles. The van der Waals surface area contributed by atoms with Crippen molar-refractivity contribution in [3.8, 4) is 5.75 Å². The highest BCUT2D eigenvalue weighted by molar-refractivity contribution is 6.37. The van der Waals surface area contributed by atoms with Crippen molar-refractivity contribution in [3.63, 3.8) is 0 Å². The standard InChI is InChI=1S/C17H17Cl2NO/c1-12-9-15(18)17(16(19)10-12)21-14-7-8-20(11-14)13-5-3-2-4-6-13/h2-6,9-10,14H,7-8,11H2,1H3/t14-/m1/s1. The molecule has 110 valence electrons. The molecule has 0 unspecified atom stereocenters. The van der Waals surface area contributed by atoms with Crippen LogP contribution in [-0.2, 0) is 0 Å². The van der Waals surface area contributed by atoms with Gasteiger partial charge in [0.1, 0.15) is 6.10 Å². The van der Waals surface area contributed by atoms with Crippen molar-refractivity contribution in [1.82, 2.24) is 0 Å². The van der Waals surface area contributed by atoms with E-state index in [0.717, 1.165) is 25.1 Å². The maximum atomic E-state index is 6.24. The van der Waals surface area contributed by atoms with E-state index in [2.05, 4.69) is 29.2 Å². The fourth-order valence-corrected chi connectivity index (χ4v) is 3.35. The van der Waals surface area contributed by atoms with E-state index in [-0.39, 0.29) is 6.10 Å². The summed E-state index contributed by atoms with van der Waals surface area (Å²) in [5, 5.41) is 1.16. The molecule has 0 aliphatic carbocycles. The summed E-state index contributed by atoms with van der Waals surface area (Å²) in [6.07, 6.45) is 1.08. The highest BCUT2D eigenvalue weighted by Gasteiger charge is 2.25. The lowest BCUT2D eigenvalue weighted by molar-refractivity contribution is 0.225. The third-order valence-electron chi connectivity index (χ3n) is 3.69. The van der Waals surface area contributed by atoms with Crippen LogP contribution < -0.4 is 9.64 Å². The van der Waals surface area contributed by atoms with Crippen LogP contribution in [0.1, 0.15) is 12.0 Å². The number of benzene rings is 2. The largest absolute Gasteiger partial charge is 0.485 e. The molecule has 1 atom stereocenters. The monoisotopic (exact) mass is 321 g/mol. The zero-order valence-corrected chi connectivity index (χ0v) is 13.4. The van der Waals surface area contributed by atoms with Gasteiger partial charge in [-0.1, -0.05) is 41.4 Å². The Balaban J connectivity index is 1.71. The van der Waals surface area contributed by atoms with Gasteiger partial charge in [-0.3, -0.25) is 0 Å². The van der Waals surface area contributed by atoms with E-state index < -0.39 is 0 Å². The summed E-state index contributed by atoms with van der Waals surface area (Å²) < 4.78 is 6.04. The van der Waals surface area contributed by atoms with Gasteiger partial charge in [0.2, 0.25) is 0 Å². The Morgan fingerprint density at radius 1 is 1.10 bits per heavy atom. The summed E-state index contributed by atoms with van der Waals surface area (Å²) in [6.45, 7) is 3.80. The lowest BCUT2D eigenvalue weighted by Crippen LogP contribution is -2.24. The van der Waals surface area contributed by atoms with Crippen molar-refractivity contribution in [3.05, 3.63) is 58.1 Å². The predicted octanol–water partition coefficient (Wildman–Crippen LogP) is 4.96. The molecule has 3 rings (SSSR count). The number of hydrogen-bond donors (Lipinski definition) is 0. The van der Waals surface area contributed by atoms with E-state index in [1.807, 2.05) is 25.1 Å². The fraction of sp³-hybridized carbons (Fsp3) is 0.294. The summed E-state index contributed by atoms with van der Waals surface area (Å²) in [6, 6.07) is 14.1. The molecule has 0 spiro atoms. The van der Waals surface area contributed by atoms with Crippen molar-refractivity contribution < 1.29 is 4.74 Å². The summed E-state index contributed by atoms with van der Waals surface area (Å²) in [7, 11) is 0. The van der Waals surface area contributed by atoms with Crippen LogP contribution >= 0.6 is 23.2 Å². The van der Waals surface area contributed by atoms with Gasteiger partial charge in [0.05, 0.1) is 16.6 Å². The Morgan fingerprint density at radius 3 is 2.43 bits per heavy atom. The van der Waals surface area contributed by atoms with Gasteiger partial charge in [-0.25, -0.2) is 0 Å². The van der Waals surface area contributed by atoms with Crippen LogP contribution in [0.4, 0.5) is 5.69 Å². The second kappa shape index (κ2) is 6.17. The zero-order valence-electron chi connectivity index (χ0n) is 11.9. The van der Waals surface area contributed by atoms with E-state index >= 15 is 0 Å². The van der Waals surface area contributed by atoms with Crippen LogP contribution in [0.2, 0.25) is 10.0 Å². The van der Waals surface area contributed by atoms with E-state index in [1.165, 1.54) is 5.69 Å². The first-order valence-electron chi connectivity index (χ1n) is 7.06. The predicted molar refractivity (Wildman–Crippen MR) is 88.9 cm³/mol. The van der Waals surface area contributed by atoms with Crippen molar-refractivity contribution in [2.24, 2.45) is 0 Å². The quantitative estimate of drug-likeness (QED) is 0.792. The van der Waals surface area contributed by atoms with Gasteiger partial charge in [-0.15, -0.1) is 0 Å².